The molecule has 0 aliphatic carbocycles. The van der Waals surface area contributed by atoms with Crippen molar-refractivity contribution >= 4 is 38.6 Å². The van der Waals surface area contributed by atoms with Crippen LogP contribution in [0.4, 0.5) is 23.0 Å². The molecule has 4 N–H and O–H groups in total. The Morgan fingerprint density at radius 1 is 1.02 bits per heavy atom. The van der Waals surface area contributed by atoms with Crippen LogP contribution in [0.15, 0.2) is 33.9 Å². The molecule has 2 aromatic heterocycles. The van der Waals surface area contributed by atoms with Crippen LogP contribution in [-0.2, 0) is 11.4 Å². The summed E-state index contributed by atoms with van der Waals surface area (Å²) in [5.41, 5.74) is -2.18. The van der Waals surface area contributed by atoms with Gasteiger partial charge in [-0.2, -0.15) is 0 Å². The number of nitrogens with one attached hydrogen (secondary N) is 3. The predicted molar refractivity (Wildman–Crippen MR) is 138 cm³/mol. The molecule has 0 aliphatic rings. The largest absolute Gasteiger partial charge is 0.496 e. The number of halogens is 3. The fourth-order valence-corrected chi connectivity index (χ4v) is 4.90. The number of hydroxylamine groups is 1. The van der Waals surface area contributed by atoms with Crippen LogP contribution in [0.3, 0.4) is 0 Å². The van der Waals surface area contributed by atoms with E-state index < -0.39 is 63.9 Å². The quantitative estimate of drug-likeness (QED) is 0.212. The number of thiophene rings is 1. The average Bonchev–Trinajstić information content (AvgIpc) is 3.28. The van der Waals surface area contributed by atoms with E-state index in [0.717, 1.165) is 32.4 Å². The van der Waals surface area contributed by atoms with E-state index in [1.165, 1.54) is 13.2 Å². The van der Waals surface area contributed by atoms with E-state index >= 15 is 4.39 Å². The number of fused-ring (bicyclic) bond motifs is 1. The first kappa shape index (κ1) is 29.0. The Hall–Kier alpha value is -5.03. The number of benzene rings is 2. The van der Waals surface area contributed by atoms with E-state index in [4.69, 9.17) is 14.2 Å². The van der Waals surface area contributed by atoms with Gasteiger partial charge < -0.3 is 19.3 Å². The molecular formula is C24H19F3N4O9S. The highest BCUT2D eigenvalue weighted by Crippen LogP contribution is 2.35. The summed E-state index contributed by atoms with van der Waals surface area (Å²) in [7, 11) is 3.52. The third-order valence-corrected chi connectivity index (χ3v) is 6.62. The zero-order chi connectivity index (χ0) is 30.0. The summed E-state index contributed by atoms with van der Waals surface area (Å²) in [6, 6.07) is 2.70. The number of carbonyl (C=O) groups is 2. The molecule has 0 saturated heterocycles. The number of rotatable bonds is 9. The topological polar surface area (TPSA) is 170 Å². The molecule has 216 valence electrons. The third-order valence-electron chi connectivity index (χ3n) is 5.60. The summed E-state index contributed by atoms with van der Waals surface area (Å²) in [6.07, 6.45) is 0. The number of aromatic amines is 1. The molecule has 0 aliphatic heterocycles. The van der Waals surface area contributed by atoms with Crippen molar-refractivity contribution < 1.29 is 46.9 Å². The maximum Gasteiger partial charge on any atom is 0.343 e. The van der Waals surface area contributed by atoms with Crippen LogP contribution in [0, 0.1) is 17.5 Å². The van der Waals surface area contributed by atoms with Crippen LogP contribution in [0.1, 0.15) is 15.9 Å². The minimum Gasteiger partial charge on any atom is -0.496 e. The zero-order valence-corrected chi connectivity index (χ0v) is 22.0. The number of aromatic carboxylic acids is 1. The summed E-state index contributed by atoms with van der Waals surface area (Å²) in [5.74, 6) is -5.79. The molecule has 0 saturated carbocycles. The molecule has 2 heterocycles. The molecule has 2 aromatic carbocycles. The Bertz CT molecular complexity index is 1800. The van der Waals surface area contributed by atoms with Crippen LogP contribution in [-0.4, -0.2) is 48.0 Å². The maximum absolute atomic E-state index is 15.2. The van der Waals surface area contributed by atoms with Crippen LogP contribution in [0.5, 0.6) is 17.2 Å². The Morgan fingerprint density at radius 2 is 1.73 bits per heavy atom. The highest BCUT2D eigenvalue weighted by molar-refractivity contribution is 7.23. The fraction of sp³-hybridized carbons (Fsp3) is 0.167. The molecule has 41 heavy (non-hydrogen) atoms. The first-order chi connectivity index (χ1) is 19.5. The molecular weight excluding hydrogens is 577 g/mol. The minimum absolute atomic E-state index is 0.0504. The fourth-order valence-electron chi connectivity index (χ4n) is 3.83. The van der Waals surface area contributed by atoms with Gasteiger partial charge >= 0.3 is 17.7 Å². The molecule has 4 aromatic rings. The van der Waals surface area contributed by atoms with Crippen molar-refractivity contribution in [3.8, 4) is 22.9 Å². The molecule has 0 radical (unpaired) electrons. The third kappa shape index (κ3) is 5.39. The van der Waals surface area contributed by atoms with Gasteiger partial charge in [0.25, 0.3) is 5.56 Å². The molecule has 17 heteroatoms. The Kier molecular flexibility index (Phi) is 8.20. The number of urea groups is 1. The van der Waals surface area contributed by atoms with Crippen LogP contribution in [0.25, 0.3) is 15.9 Å². The van der Waals surface area contributed by atoms with E-state index in [1.54, 1.807) is 0 Å². The molecule has 4 rings (SSSR count). The van der Waals surface area contributed by atoms with Gasteiger partial charge in [0.1, 0.15) is 27.8 Å². The SMILES string of the molecule is CONC(=O)Nc1sc2[nH]c(=O)n(-c3cc(OCc4c(OC)ccc(F)c4F)c(OC)cc3F)c(=O)c2c1C(=O)O. The highest BCUT2D eigenvalue weighted by atomic mass is 32.1. The number of methoxy groups -OCH3 is 2. The molecule has 0 unspecified atom stereocenters. The Morgan fingerprint density at radius 3 is 2.37 bits per heavy atom. The number of nitrogens with zero attached hydrogens (tertiary/aromatic N) is 1. The molecule has 0 spiro atoms. The van der Waals surface area contributed by atoms with Gasteiger partial charge in [0.05, 0.1) is 38.0 Å². The molecule has 0 fully saturated rings. The number of carboxylic acid groups (broad SMARTS) is 1. The number of anilines is 1. The van der Waals surface area contributed by atoms with Gasteiger partial charge in [0.15, 0.2) is 29.0 Å². The second kappa shape index (κ2) is 11.6. The van der Waals surface area contributed by atoms with E-state index in [-0.39, 0.29) is 32.6 Å². The van der Waals surface area contributed by atoms with Crippen molar-refractivity contribution in [3.63, 3.8) is 0 Å². The molecule has 0 bridgehead atoms. The lowest BCUT2D eigenvalue weighted by Gasteiger charge is -2.16. The van der Waals surface area contributed by atoms with Crippen molar-refractivity contribution in [1.82, 2.24) is 15.0 Å². The van der Waals surface area contributed by atoms with E-state index in [0.29, 0.717) is 15.9 Å². The van der Waals surface area contributed by atoms with Gasteiger partial charge in [-0.1, -0.05) is 11.3 Å². The Labute approximate surface area is 230 Å². The van der Waals surface area contributed by atoms with Crippen LogP contribution >= 0.6 is 11.3 Å². The van der Waals surface area contributed by atoms with Crippen molar-refractivity contribution in [2.75, 3.05) is 26.6 Å². The average molecular weight is 596 g/mol. The van der Waals surface area contributed by atoms with Gasteiger partial charge in [-0.25, -0.2) is 37.6 Å². The van der Waals surface area contributed by atoms with E-state index in [9.17, 15) is 33.1 Å². The summed E-state index contributed by atoms with van der Waals surface area (Å²) in [5, 5.41) is 11.1. The van der Waals surface area contributed by atoms with E-state index in [1.807, 2.05) is 5.48 Å². The monoisotopic (exact) mass is 596 g/mol. The second-order valence-electron chi connectivity index (χ2n) is 7.93. The lowest BCUT2D eigenvalue weighted by Crippen LogP contribution is -2.34. The lowest BCUT2D eigenvalue weighted by molar-refractivity contribution is 0.0700. The summed E-state index contributed by atoms with van der Waals surface area (Å²) in [6.45, 7) is -0.634. The van der Waals surface area contributed by atoms with E-state index in [2.05, 4.69) is 15.1 Å². The number of amides is 2. The molecule has 0 atom stereocenters. The number of H-pyrrole nitrogens is 1. The smallest absolute Gasteiger partial charge is 0.343 e. The number of hydrogen-bond donors (Lipinski definition) is 4. The van der Waals surface area contributed by atoms with Crippen molar-refractivity contribution in [1.29, 1.82) is 0 Å². The standard InChI is InChI=1S/C24H19F3N4O9S/c1-37-13-5-4-10(25)18(27)9(13)8-40-15-7-12(11(26)6-14(15)38-2)31-21(32)16-17(22(33)34)20(28-23(35)30-39-3)41-19(16)29-24(31)36/h4-7H,8H2,1-3H3,(H,29,36)(H,33,34)(H2,28,30,35). The predicted octanol–water partition coefficient (Wildman–Crippen LogP) is 3.14. The molecule has 2 amide bonds. The number of carboxylic acids is 1. The van der Waals surface area contributed by atoms with Gasteiger partial charge in [-0.05, 0) is 12.1 Å². The minimum atomic E-state index is -1.63. The first-order valence-corrected chi connectivity index (χ1v) is 12.0. The molecule has 13 nitrogen and oxygen atoms in total. The zero-order valence-electron chi connectivity index (χ0n) is 21.2. The van der Waals surface area contributed by atoms with Crippen LogP contribution in [0.2, 0.25) is 0 Å². The van der Waals surface area contributed by atoms with Gasteiger partial charge in [-0.15, -0.1) is 0 Å². The normalized spacial score (nSPS) is 10.9. The van der Waals surface area contributed by atoms with Crippen LogP contribution < -0.4 is 36.3 Å². The summed E-state index contributed by atoms with van der Waals surface area (Å²) >= 11 is 0.570. The number of hydrogen-bond acceptors (Lipinski definition) is 9. The number of aromatic nitrogens is 2. The highest BCUT2D eigenvalue weighted by Gasteiger charge is 2.27. The van der Waals surface area contributed by atoms with Gasteiger partial charge in [0.2, 0.25) is 0 Å². The van der Waals surface area contributed by atoms with Crippen molar-refractivity contribution in [3.05, 3.63) is 73.7 Å². The summed E-state index contributed by atoms with van der Waals surface area (Å²) < 4.78 is 59.4. The Balaban J connectivity index is 1.86. The number of ether oxygens (including phenoxy) is 3. The summed E-state index contributed by atoms with van der Waals surface area (Å²) in [4.78, 5) is 56.8. The number of carbonyl (C=O) groups excluding carboxylic acids is 1. The van der Waals surface area contributed by atoms with Crippen molar-refractivity contribution in [2.45, 2.75) is 6.61 Å². The second-order valence-corrected chi connectivity index (χ2v) is 8.95. The van der Waals surface area contributed by atoms with Crippen molar-refractivity contribution in [2.24, 2.45) is 0 Å². The van der Waals surface area contributed by atoms with Gasteiger partial charge in [0, 0.05) is 12.1 Å². The maximum atomic E-state index is 15.2. The lowest BCUT2D eigenvalue weighted by atomic mass is 10.2. The first-order valence-electron chi connectivity index (χ1n) is 11.2. The van der Waals surface area contributed by atoms with Gasteiger partial charge in [-0.3, -0.25) is 19.9 Å².